The van der Waals surface area contributed by atoms with Gasteiger partial charge in [0.25, 0.3) is 0 Å². The van der Waals surface area contributed by atoms with E-state index < -0.39 is 0 Å². The zero-order chi connectivity index (χ0) is 16.1. The number of rotatable bonds is 5. The number of nitrogens with one attached hydrogen (secondary N) is 1. The maximum atomic E-state index is 12.0. The molecule has 6 heteroatoms. The molecular formula is C17H25N3O3. The monoisotopic (exact) mass is 319 g/mol. The molecule has 0 saturated carbocycles. The van der Waals surface area contributed by atoms with Crippen molar-refractivity contribution in [2.45, 2.75) is 18.9 Å². The second kappa shape index (κ2) is 7.66. The normalized spacial score (nSPS) is 22.3. The van der Waals surface area contributed by atoms with Gasteiger partial charge in [0.15, 0.2) is 0 Å². The molecule has 0 spiro atoms. The van der Waals surface area contributed by atoms with Crippen LogP contribution in [0.25, 0.3) is 0 Å². The molecule has 2 heterocycles. The van der Waals surface area contributed by atoms with Crippen molar-refractivity contribution in [3.63, 3.8) is 0 Å². The Kier molecular flexibility index (Phi) is 5.35. The number of hydrogen-bond acceptors (Lipinski definition) is 5. The van der Waals surface area contributed by atoms with Crippen LogP contribution in [-0.4, -0.2) is 67.9 Å². The second-order valence-electron chi connectivity index (χ2n) is 6.19. The van der Waals surface area contributed by atoms with Gasteiger partial charge in [0.2, 0.25) is 5.91 Å². The number of para-hydroxylation sites is 2. The largest absolute Gasteiger partial charge is 0.506 e. The summed E-state index contributed by atoms with van der Waals surface area (Å²) in [6, 6.07) is 7.40. The van der Waals surface area contributed by atoms with Gasteiger partial charge in [-0.15, -0.1) is 0 Å². The second-order valence-corrected chi connectivity index (χ2v) is 6.19. The molecule has 2 aliphatic rings. The maximum Gasteiger partial charge on any atom is 0.234 e. The van der Waals surface area contributed by atoms with E-state index in [-0.39, 0.29) is 12.0 Å². The Bertz CT molecular complexity index is 524. The Hall–Kier alpha value is -1.79. The Labute approximate surface area is 137 Å². The molecule has 2 aliphatic heterocycles. The van der Waals surface area contributed by atoms with Crippen molar-refractivity contribution < 1.29 is 14.6 Å². The molecule has 2 saturated heterocycles. The van der Waals surface area contributed by atoms with Crippen LogP contribution in [0, 0.1) is 0 Å². The standard InChI is InChI=1S/C17H25N3O3/c21-16-6-2-1-5-15(16)20-9-7-19(8-10-20)13-17(22)18-12-14-4-3-11-23-14/h1-2,5-6,14,21H,3-4,7-13H2,(H,18,22)/t14-/m1/s1. The van der Waals surface area contributed by atoms with Gasteiger partial charge in [0, 0.05) is 39.3 Å². The molecule has 0 bridgehead atoms. The van der Waals surface area contributed by atoms with E-state index in [1.807, 2.05) is 18.2 Å². The summed E-state index contributed by atoms with van der Waals surface area (Å²) >= 11 is 0. The predicted molar refractivity (Wildman–Crippen MR) is 88.7 cm³/mol. The highest BCUT2D eigenvalue weighted by Crippen LogP contribution is 2.27. The van der Waals surface area contributed by atoms with Gasteiger partial charge in [-0.3, -0.25) is 9.69 Å². The van der Waals surface area contributed by atoms with Gasteiger partial charge in [-0.1, -0.05) is 12.1 Å². The van der Waals surface area contributed by atoms with Crippen LogP contribution in [0.2, 0.25) is 0 Å². The van der Waals surface area contributed by atoms with Gasteiger partial charge >= 0.3 is 0 Å². The molecule has 1 amide bonds. The average Bonchev–Trinajstić information content (AvgIpc) is 3.08. The number of benzene rings is 1. The maximum absolute atomic E-state index is 12.0. The fraction of sp³-hybridized carbons (Fsp3) is 0.588. The summed E-state index contributed by atoms with van der Waals surface area (Å²) in [5.74, 6) is 0.381. The SMILES string of the molecule is O=C(CN1CCN(c2ccccc2O)CC1)NC[C@H]1CCCO1. The topological polar surface area (TPSA) is 65.0 Å². The molecule has 0 radical (unpaired) electrons. The molecule has 23 heavy (non-hydrogen) atoms. The first kappa shape index (κ1) is 16.1. The number of aromatic hydroxyl groups is 1. The molecule has 6 nitrogen and oxygen atoms in total. The number of phenolic OH excluding ortho intramolecular Hbond substituents is 1. The Morgan fingerprint density at radius 1 is 1.26 bits per heavy atom. The van der Waals surface area contributed by atoms with Gasteiger partial charge in [-0.25, -0.2) is 0 Å². The van der Waals surface area contributed by atoms with E-state index >= 15 is 0 Å². The first-order valence-corrected chi connectivity index (χ1v) is 8.36. The molecule has 2 N–H and O–H groups in total. The summed E-state index contributed by atoms with van der Waals surface area (Å²) < 4.78 is 5.51. The number of carbonyl (C=O) groups excluding carboxylic acids is 1. The fourth-order valence-corrected chi connectivity index (χ4v) is 3.17. The lowest BCUT2D eigenvalue weighted by Gasteiger charge is -2.35. The fourth-order valence-electron chi connectivity index (χ4n) is 3.17. The van der Waals surface area contributed by atoms with Crippen LogP contribution in [0.5, 0.6) is 5.75 Å². The van der Waals surface area contributed by atoms with E-state index in [2.05, 4.69) is 15.1 Å². The van der Waals surface area contributed by atoms with Crippen molar-refractivity contribution in [2.75, 3.05) is 50.8 Å². The number of hydrogen-bond donors (Lipinski definition) is 2. The number of anilines is 1. The van der Waals surface area contributed by atoms with Crippen LogP contribution < -0.4 is 10.2 Å². The molecule has 1 aromatic rings. The molecule has 2 fully saturated rings. The summed E-state index contributed by atoms with van der Waals surface area (Å²) in [6.07, 6.45) is 2.32. The lowest BCUT2D eigenvalue weighted by atomic mass is 10.2. The smallest absolute Gasteiger partial charge is 0.234 e. The van der Waals surface area contributed by atoms with Crippen molar-refractivity contribution in [2.24, 2.45) is 0 Å². The quantitative estimate of drug-likeness (QED) is 0.841. The van der Waals surface area contributed by atoms with E-state index in [1.54, 1.807) is 6.07 Å². The predicted octanol–water partition coefficient (Wildman–Crippen LogP) is 0.809. The van der Waals surface area contributed by atoms with Gasteiger partial charge in [0.1, 0.15) is 5.75 Å². The summed E-state index contributed by atoms with van der Waals surface area (Å²) in [4.78, 5) is 16.3. The van der Waals surface area contributed by atoms with Crippen molar-refractivity contribution in [3.8, 4) is 5.75 Å². The van der Waals surface area contributed by atoms with E-state index in [4.69, 9.17) is 4.74 Å². The molecule has 0 unspecified atom stereocenters. The highest BCUT2D eigenvalue weighted by atomic mass is 16.5. The lowest BCUT2D eigenvalue weighted by Crippen LogP contribution is -2.50. The van der Waals surface area contributed by atoms with Crippen LogP contribution in [0.1, 0.15) is 12.8 Å². The summed E-state index contributed by atoms with van der Waals surface area (Å²) in [6.45, 7) is 5.14. The van der Waals surface area contributed by atoms with E-state index in [9.17, 15) is 9.90 Å². The van der Waals surface area contributed by atoms with Gasteiger partial charge in [0.05, 0.1) is 18.3 Å². The number of nitrogens with zero attached hydrogens (tertiary/aromatic N) is 2. The number of piperazine rings is 1. The third-order valence-electron chi connectivity index (χ3n) is 4.51. The van der Waals surface area contributed by atoms with E-state index in [0.29, 0.717) is 18.8 Å². The first-order chi connectivity index (χ1) is 11.2. The number of amides is 1. The minimum atomic E-state index is 0.0662. The highest BCUT2D eigenvalue weighted by Gasteiger charge is 2.21. The van der Waals surface area contributed by atoms with Gasteiger partial charge < -0.3 is 20.1 Å². The van der Waals surface area contributed by atoms with E-state index in [0.717, 1.165) is 51.3 Å². The number of ether oxygens (including phenoxy) is 1. The van der Waals surface area contributed by atoms with Crippen molar-refractivity contribution >= 4 is 11.6 Å². The van der Waals surface area contributed by atoms with Crippen LogP contribution in [0.3, 0.4) is 0 Å². The summed E-state index contributed by atoms with van der Waals surface area (Å²) in [7, 11) is 0. The highest BCUT2D eigenvalue weighted by molar-refractivity contribution is 5.78. The van der Waals surface area contributed by atoms with Gasteiger partial charge in [-0.05, 0) is 25.0 Å². The minimum absolute atomic E-state index is 0.0662. The first-order valence-electron chi connectivity index (χ1n) is 8.36. The lowest BCUT2D eigenvalue weighted by molar-refractivity contribution is -0.122. The summed E-state index contributed by atoms with van der Waals surface area (Å²) in [5.41, 5.74) is 0.870. The third kappa shape index (κ3) is 4.36. The third-order valence-corrected chi connectivity index (χ3v) is 4.51. The Morgan fingerprint density at radius 2 is 2.04 bits per heavy atom. The molecule has 0 aliphatic carbocycles. The summed E-state index contributed by atoms with van der Waals surface area (Å²) in [5, 5.41) is 12.9. The molecule has 1 atom stereocenters. The van der Waals surface area contributed by atoms with Crippen molar-refractivity contribution in [3.05, 3.63) is 24.3 Å². The molecule has 3 rings (SSSR count). The molecule has 0 aromatic heterocycles. The molecule has 126 valence electrons. The van der Waals surface area contributed by atoms with Crippen LogP contribution in [-0.2, 0) is 9.53 Å². The number of carbonyl (C=O) groups is 1. The average molecular weight is 319 g/mol. The van der Waals surface area contributed by atoms with Crippen LogP contribution >= 0.6 is 0 Å². The number of phenols is 1. The Morgan fingerprint density at radius 3 is 2.74 bits per heavy atom. The van der Waals surface area contributed by atoms with Crippen molar-refractivity contribution in [1.82, 2.24) is 10.2 Å². The van der Waals surface area contributed by atoms with Crippen LogP contribution in [0.15, 0.2) is 24.3 Å². The van der Waals surface area contributed by atoms with E-state index in [1.165, 1.54) is 0 Å². The zero-order valence-corrected chi connectivity index (χ0v) is 13.4. The van der Waals surface area contributed by atoms with Gasteiger partial charge in [-0.2, -0.15) is 0 Å². The van der Waals surface area contributed by atoms with Crippen LogP contribution in [0.4, 0.5) is 5.69 Å². The molecular weight excluding hydrogens is 294 g/mol. The molecule has 1 aromatic carbocycles. The Balaban J connectivity index is 1.40. The zero-order valence-electron chi connectivity index (χ0n) is 13.4. The minimum Gasteiger partial charge on any atom is -0.506 e. The van der Waals surface area contributed by atoms with Crippen molar-refractivity contribution in [1.29, 1.82) is 0 Å².